The lowest BCUT2D eigenvalue weighted by Crippen LogP contribution is -2.49. The van der Waals surface area contributed by atoms with Gasteiger partial charge >= 0.3 is 6.09 Å². The van der Waals surface area contributed by atoms with Crippen LogP contribution in [-0.4, -0.2) is 54.7 Å². The molecule has 0 aliphatic carbocycles. The molecule has 0 spiro atoms. The number of nitrogens with one attached hydrogen (secondary N) is 1. The Kier molecular flexibility index (Phi) is 5.63. The van der Waals surface area contributed by atoms with Gasteiger partial charge in [0.05, 0.1) is 41.9 Å². The Morgan fingerprint density at radius 2 is 2.13 bits per heavy atom. The summed E-state index contributed by atoms with van der Waals surface area (Å²) in [4.78, 5) is 45.0. The van der Waals surface area contributed by atoms with Crippen molar-refractivity contribution in [3.8, 4) is 17.4 Å². The van der Waals surface area contributed by atoms with E-state index in [4.69, 9.17) is 15.9 Å². The molecule has 9 nitrogen and oxygen atoms in total. The number of hydrogen-bond acceptors (Lipinski definition) is 7. The van der Waals surface area contributed by atoms with Gasteiger partial charge in [-0.3, -0.25) is 14.5 Å². The highest BCUT2D eigenvalue weighted by molar-refractivity contribution is 7.14. The van der Waals surface area contributed by atoms with Crippen molar-refractivity contribution in [2.75, 3.05) is 36.1 Å². The molecule has 3 amide bonds. The molecule has 0 saturated carbocycles. The topological polar surface area (TPSA) is 101 Å². The summed E-state index contributed by atoms with van der Waals surface area (Å²) < 4.78 is 10.4. The van der Waals surface area contributed by atoms with Crippen LogP contribution in [0.3, 0.4) is 0 Å². The SMILES string of the molecule is C#Cc1ccc(OC(=O)NC2(C)CC(=O)N(c3ccc(N4CCOCC4=O)cn3)C2)s1. The van der Waals surface area contributed by atoms with Crippen LogP contribution in [0.5, 0.6) is 5.06 Å². The summed E-state index contributed by atoms with van der Waals surface area (Å²) in [7, 11) is 0. The van der Waals surface area contributed by atoms with E-state index in [1.54, 1.807) is 42.3 Å². The molecule has 0 bridgehead atoms. The molecule has 2 fully saturated rings. The molecule has 2 aromatic heterocycles. The molecule has 4 heterocycles. The number of anilines is 2. The minimum absolute atomic E-state index is 0.0437. The third-order valence-electron chi connectivity index (χ3n) is 4.98. The molecule has 160 valence electrons. The van der Waals surface area contributed by atoms with Gasteiger partial charge in [0, 0.05) is 6.54 Å². The molecule has 2 aliphatic heterocycles. The molecule has 2 aliphatic rings. The lowest BCUT2D eigenvalue weighted by molar-refractivity contribution is -0.125. The Balaban J connectivity index is 1.40. The van der Waals surface area contributed by atoms with Gasteiger partial charge in [-0.1, -0.05) is 17.3 Å². The highest BCUT2D eigenvalue weighted by Gasteiger charge is 2.42. The highest BCUT2D eigenvalue weighted by Crippen LogP contribution is 2.29. The number of carbonyl (C=O) groups excluding carboxylic acids is 3. The van der Waals surface area contributed by atoms with Crippen LogP contribution in [0.1, 0.15) is 18.2 Å². The standard InChI is InChI=1S/C21H20N4O5S/c1-3-15-5-7-19(31-15)30-20(28)23-21(2)10-17(26)25(13-21)16-6-4-14(11-22-16)24-8-9-29-12-18(24)27/h1,4-7,11H,8-10,12-13H2,2H3,(H,23,28). The van der Waals surface area contributed by atoms with Crippen molar-refractivity contribution in [1.82, 2.24) is 10.3 Å². The van der Waals surface area contributed by atoms with Crippen molar-refractivity contribution in [3.63, 3.8) is 0 Å². The first-order valence-electron chi connectivity index (χ1n) is 9.58. The molecule has 2 saturated heterocycles. The van der Waals surface area contributed by atoms with E-state index in [0.717, 1.165) is 0 Å². The van der Waals surface area contributed by atoms with Gasteiger partial charge in [0.1, 0.15) is 12.4 Å². The number of hydrogen-bond donors (Lipinski definition) is 1. The number of rotatable bonds is 4. The first kappa shape index (κ1) is 20.8. The van der Waals surface area contributed by atoms with Gasteiger partial charge in [-0.2, -0.15) is 0 Å². The second-order valence-electron chi connectivity index (χ2n) is 7.47. The smallest absolute Gasteiger partial charge is 0.399 e. The number of ether oxygens (including phenoxy) is 2. The van der Waals surface area contributed by atoms with Crippen LogP contribution in [-0.2, 0) is 14.3 Å². The van der Waals surface area contributed by atoms with Gasteiger partial charge in [-0.25, -0.2) is 9.78 Å². The Hall–Kier alpha value is -3.42. The number of aromatic nitrogens is 1. The number of nitrogens with zero attached hydrogens (tertiary/aromatic N) is 3. The number of morpholine rings is 1. The summed E-state index contributed by atoms with van der Waals surface area (Å²) in [5.74, 6) is 2.63. The van der Waals surface area contributed by atoms with E-state index in [2.05, 4.69) is 16.2 Å². The van der Waals surface area contributed by atoms with Crippen molar-refractivity contribution < 1.29 is 23.9 Å². The van der Waals surface area contributed by atoms with Gasteiger partial charge in [0.2, 0.25) is 5.91 Å². The fourth-order valence-corrected chi connectivity index (χ4v) is 4.18. The van der Waals surface area contributed by atoms with E-state index >= 15 is 0 Å². The van der Waals surface area contributed by atoms with E-state index in [1.807, 2.05) is 0 Å². The molecule has 0 radical (unpaired) electrons. The maximum absolute atomic E-state index is 12.6. The highest BCUT2D eigenvalue weighted by atomic mass is 32.1. The minimum atomic E-state index is -0.819. The van der Waals surface area contributed by atoms with Gasteiger partial charge in [-0.15, -0.1) is 6.42 Å². The van der Waals surface area contributed by atoms with Gasteiger partial charge in [0.25, 0.3) is 5.91 Å². The molecule has 2 aromatic rings. The maximum atomic E-state index is 12.6. The van der Waals surface area contributed by atoms with E-state index in [0.29, 0.717) is 34.6 Å². The monoisotopic (exact) mass is 440 g/mol. The van der Waals surface area contributed by atoms with E-state index in [-0.39, 0.29) is 31.4 Å². The van der Waals surface area contributed by atoms with Crippen molar-refractivity contribution in [3.05, 3.63) is 35.3 Å². The Bertz CT molecular complexity index is 1060. The van der Waals surface area contributed by atoms with Crippen LogP contribution in [0, 0.1) is 12.3 Å². The normalized spacial score (nSPS) is 21.2. The third-order valence-corrected chi connectivity index (χ3v) is 5.87. The summed E-state index contributed by atoms with van der Waals surface area (Å²) in [6, 6.07) is 6.75. The molecule has 0 aromatic carbocycles. The van der Waals surface area contributed by atoms with Crippen LogP contribution in [0.4, 0.5) is 16.3 Å². The second-order valence-corrected chi connectivity index (χ2v) is 8.51. The number of thiophene rings is 1. The average Bonchev–Trinajstić information content (AvgIpc) is 3.31. The quantitative estimate of drug-likeness (QED) is 0.728. The zero-order chi connectivity index (χ0) is 22.0. The van der Waals surface area contributed by atoms with E-state index in [1.165, 1.54) is 16.2 Å². The average molecular weight is 440 g/mol. The molecule has 1 atom stereocenters. The molecule has 1 N–H and O–H groups in total. The number of amides is 3. The number of pyridine rings is 1. The molecule has 31 heavy (non-hydrogen) atoms. The molecular formula is C21H20N4O5S. The van der Waals surface area contributed by atoms with Crippen molar-refractivity contribution >= 4 is 40.7 Å². The summed E-state index contributed by atoms with van der Waals surface area (Å²) in [5.41, 5.74) is -0.170. The van der Waals surface area contributed by atoms with Crippen molar-refractivity contribution in [2.24, 2.45) is 0 Å². The molecule has 10 heteroatoms. The third kappa shape index (κ3) is 4.52. The van der Waals surface area contributed by atoms with Gasteiger partial charge in [-0.05, 0) is 31.2 Å². The summed E-state index contributed by atoms with van der Waals surface area (Å²) >= 11 is 1.19. The molecule has 4 rings (SSSR count). The van der Waals surface area contributed by atoms with Gasteiger partial charge in [0.15, 0.2) is 5.06 Å². The fraction of sp³-hybridized carbons (Fsp3) is 0.333. The summed E-state index contributed by atoms with van der Waals surface area (Å²) in [6.07, 6.45) is 6.33. The first-order valence-corrected chi connectivity index (χ1v) is 10.4. The van der Waals surface area contributed by atoms with Crippen LogP contribution >= 0.6 is 11.3 Å². The van der Waals surface area contributed by atoms with Gasteiger partial charge < -0.3 is 19.7 Å². The number of carbonyl (C=O) groups is 3. The maximum Gasteiger partial charge on any atom is 0.413 e. The summed E-state index contributed by atoms with van der Waals surface area (Å²) in [5, 5.41) is 3.15. The first-order chi connectivity index (χ1) is 14.9. The van der Waals surface area contributed by atoms with Crippen LogP contribution < -0.4 is 19.9 Å². The molecular weight excluding hydrogens is 420 g/mol. The van der Waals surface area contributed by atoms with Crippen LogP contribution in [0.25, 0.3) is 0 Å². The van der Waals surface area contributed by atoms with Crippen molar-refractivity contribution in [1.29, 1.82) is 0 Å². The minimum Gasteiger partial charge on any atom is -0.399 e. The Morgan fingerprint density at radius 1 is 1.29 bits per heavy atom. The largest absolute Gasteiger partial charge is 0.413 e. The lowest BCUT2D eigenvalue weighted by Gasteiger charge is -2.27. The number of terminal acetylenes is 1. The lowest BCUT2D eigenvalue weighted by atomic mass is 10.0. The van der Waals surface area contributed by atoms with Crippen molar-refractivity contribution in [2.45, 2.75) is 18.9 Å². The molecule has 1 unspecified atom stereocenters. The summed E-state index contributed by atoms with van der Waals surface area (Å²) in [6.45, 7) is 2.98. The van der Waals surface area contributed by atoms with Crippen LogP contribution in [0.15, 0.2) is 30.5 Å². The second kappa shape index (κ2) is 8.37. The predicted molar refractivity (Wildman–Crippen MR) is 114 cm³/mol. The fourth-order valence-electron chi connectivity index (χ4n) is 3.52. The zero-order valence-corrected chi connectivity index (χ0v) is 17.6. The predicted octanol–water partition coefficient (Wildman–Crippen LogP) is 1.77. The van der Waals surface area contributed by atoms with E-state index in [9.17, 15) is 14.4 Å². The zero-order valence-electron chi connectivity index (χ0n) is 16.8. The van der Waals surface area contributed by atoms with Crippen LogP contribution in [0.2, 0.25) is 0 Å². The van der Waals surface area contributed by atoms with E-state index < -0.39 is 11.6 Å². The Morgan fingerprint density at radius 3 is 2.81 bits per heavy atom. The Labute approximate surface area is 182 Å².